The molecular weight excluding hydrogens is 410 g/mol. The lowest BCUT2D eigenvalue weighted by Crippen LogP contribution is -2.36. The largest absolute Gasteiger partial charge is 0.481 e. The summed E-state index contributed by atoms with van der Waals surface area (Å²) in [4.78, 5) is 15.2. The lowest BCUT2D eigenvalue weighted by atomic mass is 10.1. The summed E-state index contributed by atoms with van der Waals surface area (Å²) >= 11 is 0. The Morgan fingerprint density at radius 3 is 2.88 bits per heavy atom. The molecule has 0 aromatic carbocycles. The maximum absolute atomic E-state index is 5.21. The maximum atomic E-state index is 5.21. The molecule has 0 spiro atoms. The number of ether oxygens (including phenoxy) is 2. The first-order valence-electron chi connectivity index (χ1n) is 10.5. The number of methoxy groups -OCH3 is 2. The van der Waals surface area contributed by atoms with E-state index in [1.807, 2.05) is 23.1 Å². The smallest absolute Gasteiger partial charge is 0.215 e. The molecule has 0 saturated carbocycles. The highest BCUT2D eigenvalue weighted by molar-refractivity contribution is 5.86. The van der Waals surface area contributed by atoms with Crippen LogP contribution < -0.4 is 4.74 Å². The van der Waals surface area contributed by atoms with Crippen LogP contribution in [0.3, 0.4) is 0 Å². The average molecular weight is 434 g/mol. The van der Waals surface area contributed by atoms with E-state index in [-0.39, 0.29) is 0 Å². The van der Waals surface area contributed by atoms with E-state index in [1.54, 1.807) is 31.2 Å². The molecule has 1 aliphatic rings. The summed E-state index contributed by atoms with van der Waals surface area (Å²) in [5.74, 6) is 0.485. The van der Waals surface area contributed by atoms with Crippen molar-refractivity contribution in [3.05, 3.63) is 37.1 Å². The van der Waals surface area contributed by atoms with Gasteiger partial charge in [-0.25, -0.2) is 15.0 Å². The summed E-state index contributed by atoms with van der Waals surface area (Å²) < 4.78 is 14.1. The summed E-state index contributed by atoms with van der Waals surface area (Å²) in [5, 5.41) is 13.2. The van der Waals surface area contributed by atoms with Crippen molar-refractivity contribution in [2.24, 2.45) is 0 Å². The number of likely N-dealkylation sites (tertiary alicyclic amines) is 1. The van der Waals surface area contributed by atoms with Gasteiger partial charge in [0.25, 0.3) is 0 Å². The Balaban J connectivity index is 1.39. The highest BCUT2D eigenvalue weighted by atomic mass is 16.5. The maximum Gasteiger partial charge on any atom is 0.215 e. The Hall–Kier alpha value is -3.44. The summed E-state index contributed by atoms with van der Waals surface area (Å²) in [6.45, 7) is 3.82. The van der Waals surface area contributed by atoms with E-state index < -0.39 is 0 Å². The normalized spacial score (nSPS) is 15.4. The number of pyridine rings is 1. The molecule has 0 amide bonds. The molecule has 11 heteroatoms. The molecule has 0 aliphatic carbocycles. The molecule has 1 aliphatic heterocycles. The van der Waals surface area contributed by atoms with Gasteiger partial charge >= 0.3 is 0 Å². The van der Waals surface area contributed by atoms with Crippen molar-refractivity contribution >= 4 is 11.2 Å². The lowest BCUT2D eigenvalue weighted by molar-refractivity contribution is 0.119. The third-order valence-electron chi connectivity index (χ3n) is 5.78. The van der Waals surface area contributed by atoms with Crippen LogP contribution in [-0.2, 0) is 4.74 Å². The van der Waals surface area contributed by atoms with Crippen LogP contribution in [0.25, 0.3) is 28.1 Å². The Morgan fingerprint density at radius 1 is 1.19 bits per heavy atom. The van der Waals surface area contributed by atoms with E-state index in [0.29, 0.717) is 28.8 Å². The van der Waals surface area contributed by atoms with Crippen LogP contribution in [0.1, 0.15) is 18.9 Å². The summed E-state index contributed by atoms with van der Waals surface area (Å²) in [6.07, 6.45) is 10.3. The zero-order valence-corrected chi connectivity index (χ0v) is 18.0. The van der Waals surface area contributed by atoms with Crippen molar-refractivity contribution in [1.29, 1.82) is 0 Å². The molecule has 165 valence electrons. The quantitative estimate of drug-likeness (QED) is 0.428. The van der Waals surface area contributed by atoms with Crippen molar-refractivity contribution in [2.75, 3.05) is 40.5 Å². The molecule has 0 bridgehead atoms. The van der Waals surface area contributed by atoms with Crippen molar-refractivity contribution in [3.63, 3.8) is 0 Å². The van der Waals surface area contributed by atoms with Gasteiger partial charge in [-0.05, 0) is 18.9 Å². The topological polar surface area (TPSA) is 109 Å². The molecule has 0 atom stereocenters. The van der Waals surface area contributed by atoms with Crippen molar-refractivity contribution in [3.8, 4) is 22.8 Å². The van der Waals surface area contributed by atoms with E-state index in [4.69, 9.17) is 9.47 Å². The molecule has 5 heterocycles. The van der Waals surface area contributed by atoms with Gasteiger partial charge in [-0.2, -0.15) is 9.78 Å². The fourth-order valence-electron chi connectivity index (χ4n) is 4.01. The van der Waals surface area contributed by atoms with E-state index in [1.165, 1.54) is 0 Å². The standard InChI is InChI=1S/C21H24N9O2/c1-31-10-9-28-7-4-16(5-8-28)29-13-15(12-25-29)19-20-21(24-14-23-19)30(27-26-20)17-3-6-22-18(11-17)32-2/h3,6,11-13,16H,4-5,7-10H2,1-2H3. The molecule has 1 saturated heterocycles. The van der Waals surface area contributed by atoms with Crippen LogP contribution in [0, 0.1) is 6.33 Å². The number of piperidine rings is 1. The van der Waals surface area contributed by atoms with Crippen LogP contribution >= 0.6 is 0 Å². The zero-order valence-electron chi connectivity index (χ0n) is 18.0. The monoisotopic (exact) mass is 434 g/mol. The highest BCUT2D eigenvalue weighted by Crippen LogP contribution is 2.28. The van der Waals surface area contributed by atoms with Gasteiger partial charge in [0, 0.05) is 50.8 Å². The van der Waals surface area contributed by atoms with Gasteiger partial charge in [-0.1, -0.05) is 5.21 Å². The second kappa shape index (κ2) is 8.97. The molecule has 11 nitrogen and oxygen atoms in total. The third kappa shape index (κ3) is 3.92. The molecule has 0 N–H and O–H groups in total. The van der Waals surface area contributed by atoms with Gasteiger partial charge in [-0.15, -0.1) is 5.10 Å². The van der Waals surface area contributed by atoms with Gasteiger partial charge in [0.05, 0.1) is 31.6 Å². The predicted molar refractivity (Wildman–Crippen MR) is 115 cm³/mol. The average Bonchev–Trinajstić information content (AvgIpc) is 3.51. The molecule has 4 aromatic heterocycles. The summed E-state index contributed by atoms with van der Waals surface area (Å²) in [5.41, 5.74) is 3.42. The second-order valence-electron chi connectivity index (χ2n) is 7.68. The molecule has 4 aromatic rings. The predicted octanol–water partition coefficient (Wildman–Crippen LogP) is 1.56. The van der Waals surface area contributed by atoms with Crippen molar-refractivity contribution in [2.45, 2.75) is 18.9 Å². The van der Waals surface area contributed by atoms with E-state index in [2.05, 4.69) is 41.6 Å². The number of hydrogen-bond donors (Lipinski definition) is 0. The van der Waals surface area contributed by atoms with E-state index >= 15 is 0 Å². The van der Waals surface area contributed by atoms with Gasteiger partial charge in [0.1, 0.15) is 5.69 Å². The van der Waals surface area contributed by atoms with Gasteiger partial charge in [0.2, 0.25) is 12.2 Å². The SMILES string of the molecule is COCCN1CCC(n2cc(-c3n[c]nc4c3nnn4-c3ccnc(OC)c3)cn2)CC1. The van der Waals surface area contributed by atoms with E-state index in [9.17, 15) is 0 Å². The van der Waals surface area contributed by atoms with Crippen molar-refractivity contribution in [1.82, 2.24) is 44.6 Å². The van der Waals surface area contributed by atoms with Crippen LogP contribution in [-0.4, -0.2) is 85.1 Å². The Bertz CT molecular complexity index is 1200. The molecule has 1 fully saturated rings. The van der Waals surface area contributed by atoms with Crippen LogP contribution in [0.4, 0.5) is 0 Å². The van der Waals surface area contributed by atoms with Crippen LogP contribution in [0.15, 0.2) is 30.7 Å². The van der Waals surface area contributed by atoms with Gasteiger partial charge < -0.3 is 14.4 Å². The first-order chi connectivity index (χ1) is 15.8. The van der Waals surface area contributed by atoms with Gasteiger partial charge in [0.15, 0.2) is 11.2 Å². The zero-order chi connectivity index (χ0) is 21.9. The highest BCUT2D eigenvalue weighted by Gasteiger charge is 2.22. The molecule has 5 rings (SSSR count). The Kier molecular flexibility index (Phi) is 5.73. The fourth-order valence-corrected chi connectivity index (χ4v) is 4.01. The molecular formula is C21H24N9O2. The Morgan fingerprint density at radius 2 is 2.06 bits per heavy atom. The van der Waals surface area contributed by atoms with Crippen molar-refractivity contribution < 1.29 is 9.47 Å². The first kappa shape index (κ1) is 20.5. The minimum Gasteiger partial charge on any atom is -0.481 e. The molecule has 32 heavy (non-hydrogen) atoms. The fraction of sp³-hybridized carbons (Fsp3) is 0.429. The van der Waals surface area contributed by atoms with Gasteiger partial charge in [-0.3, -0.25) is 4.68 Å². The number of aromatic nitrogens is 8. The summed E-state index contributed by atoms with van der Waals surface area (Å²) in [6, 6.07) is 3.95. The van der Waals surface area contributed by atoms with E-state index in [0.717, 1.165) is 50.3 Å². The second-order valence-corrected chi connectivity index (χ2v) is 7.68. The van der Waals surface area contributed by atoms with Crippen LogP contribution in [0.2, 0.25) is 0 Å². The number of hydrogen-bond acceptors (Lipinski definition) is 9. The summed E-state index contributed by atoms with van der Waals surface area (Å²) in [7, 11) is 3.31. The number of fused-ring (bicyclic) bond motifs is 1. The first-order valence-corrected chi connectivity index (χ1v) is 10.5. The molecule has 0 unspecified atom stereocenters. The third-order valence-corrected chi connectivity index (χ3v) is 5.78. The number of nitrogens with zero attached hydrogens (tertiary/aromatic N) is 9. The number of rotatable bonds is 7. The molecule has 1 radical (unpaired) electrons. The minimum absolute atomic E-state index is 0.365. The van der Waals surface area contributed by atoms with Crippen LogP contribution in [0.5, 0.6) is 5.88 Å². The Labute approximate surface area is 185 Å². The lowest BCUT2D eigenvalue weighted by Gasteiger charge is -2.31. The minimum atomic E-state index is 0.365.